The lowest BCUT2D eigenvalue weighted by atomic mass is 10.2. The Morgan fingerprint density at radius 2 is 1.75 bits per heavy atom. The lowest BCUT2D eigenvalue weighted by Gasteiger charge is -2.09. The van der Waals surface area contributed by atoms with Gasteiger partial charge in [-0.1, -0.05) is 53.6 Å². The first-order chi connectivity index (χ1) is 15.3. The highest BCUT2D eigenvalue weighted by atomic mass is 35.5. The zero-order valence-electron chi connectivity index (χ0n) is 16.8. The van der Waals surface area contributed by atoms with E-state index in [-0.39, 0.29) is 21.6 Å². The van der Waals surface area contributed by atoms with Crippen molar-refractivity contribution in [2.24, 2.45) is 4.99 Å². The zero-order valence-corrected chi connectivity index (χ0v) is 19.2. The number of thioether (sulfide) groups is 1. The lowest BCUT2D eigenvalue weighted by molar-refractivity contribution is -0.115. The summed E-state index contributed by atoms with van der Waals surface area (Å²) in [5, 5.41) is 3.30. The topological polar surface area (TPSA) is 84.8 Å². The number of aliphatic imine (C=N–C) groups is 1. The molecular weight excluding hydrogens is 468 g/mol. The number of aryl methyl sites for hydroxylation is 1. The first kappa shape index (κ1) is 22.1. The van der Waals surface area contributed by atoms with Gasteiger partial charge in [-0.15, -0.1) is 0 Å². The minimum absolute atomic E-state index is 0.00393. The van der Waals surface area contributed by atoms with Crippen LogP contribution < -0.4 is 9.50 Å². The number of para-hydroxylation sites is 1. The third-order valence-corrected chi connectivity index (χ3v) is 6.85. The smallest absolute Gasteiger partial charge is 0.339 e. The van der Waals surface area contributed by atoms with Gasteiger partial charge in [0, 0.05) is 0 Å². The summed E-state index contributed by atoms with van der Waals surface area (Å²) in [7, 11) is -4.02. The largest absolute Gasteiger partial charge is 0.377 e. The summed E-state index contributed by atoms with van der Waals surface area (Å²) in [5.41, 5.74) is 2.29. The molecule has 0 unspecified atom stereocenters. The molecule has 1 amide bonds. The fraction of sp³-hybridized carbons (Fsp3) is 0.0435. The second kappa shape index (κ2) is 9.20. The number of amides is 1. The molecule has 3 aromatic carbocycles. The molecule has 1 fully saturated rings. The van der Waals surface area contributed by atoms with Crippen LogP contribution in [0.1, 0.15) is 11.1 Å². The molecule has 6 nitrogen and oxygen atoms in total. The van der Waals surface area contributed by atoms with E-state index in [1.807, 2.05) is 37.3 Å². The third-order valence-electron chi connectivity index (χ3n) is 4.40. The number of nitrogens with one attached hydrogen (secondary N) is 1. The van der Waals surface area contributed by atoms with Crippen LogP contribution in [0.25, 0.3) is 6.08 Å². The first-order valence-electron chi connectivity index (χ1n) is 9.45. The van der Waals surface area contributed by atoms with Crippen LogP contribution in [-0.4, -0.2) is 19.5 Å². The van der Waals surface area contributed by atoms with Crippen molar-refractivity contribution in [1.82, 2.24) is 5.32 Å². The molecule has 0 bridgehead atoms. The third kappa shape index (κ3) is 5.21. The van der Waals surface area contributed by atoms with Crippen molar-refractivity contribution in [3.8, 4) is 5.75 Å². The maximum atomic E-state index is 12.5. The van der Waals surface area contributed by atoms with Crippen LogP contribution >= 0.6 is 23.4 Å². The van der Waals surface area contributed by atoms with E-state index in [9.17, 15) is 13.2 Å². The van der Waals surface area contributed by atoms with Crippen molar-refractivity contribution in [3.63, 3.8) is 0 Å². The average molecular weight is 485 g/mol. The van der Waals surface area contributed by atoms with E-state index in [0.717, 1.165) is 11.3 Å². The van der Waals surface area contributed by atoms with E-state index >= 15 is 0 Å². The molecule has 4 rings (SSSR count). The van der Waals surface area contributed by atoms with Crippen molar-refractivity contribution in [3.05, 3.63) is 93.9 Å². The number of amidine groups is 1. The lowest BCUT2D eigenvalue weighted by Crippen LogP contribution is -2.19. The second-order valence-electron chi connectivity index (χ2n) is 6.86. The number of rotatable bonds is 5. The maximum absolute atomic E-state index is 12.5. The van der Waals surface area contributed by atoms with E-state index in [4.69, 9.17) is 15.8 Å². The van der Waals surface area contributed by atoms with Crippen LogP contribution in [0.3, 0.4) is 0 Å². The van der Waals surface area contributed by atoms with Gasteiger partial charge < -0.3 is 9.50 Å². The van der Waals surface area contributed by atoms with Crippen LogP contribution in [0.15, 0.2) is 87.6 Å². The van der Waals surface area contributed by atoms with E-state index < -0.39 is 10.1 Å². The highest BCUT2D eigenvalue weighted by Gasteiger charge is 2.24. The Morgan fingerprint density at radius 1 is 1.03 bits per heavy atom. The molecule has 32 heavy (non-hydrogen) atoms. The van der Waals surface area contributed by atoms with Gasteiger partial charge in [-0.05, 0) is 66.7 Å². The minimum Gasteiger partial charge on any atom is -0.377 e. The van der Waals surface area contributed by atoms with Crippen LogP contribution in [0, 0.1) is 6.92 Å². The van der Waals surface area contributed by atoms with Crippen LogP contribution in [0.2, 0.25) is 5.02 Å². The van der Waals surface area contributed by atoms with Gasteiger partial charge >= 0.3 is 10.1 Å². The molecule has 1 saturated heterocycles. The van der Waals surface area contributed by atoms with Gasteiger partial charge in [-0.3, -0.25) is 4.79 Å². The highest BCUT2D eigenvalue weighted by molar-refractivity contribution is 8.18. The van der Waals surface area contributed by atoms with Gasteiger partial charge in [0.05, 0.1) is 15.6 Å². The molecule has 162 valence electrons. The van der Waals surface area contributed by atoms with Crippen molar-refractivity contribution in [2.75, 3.05) is 0 Å². The Kier molecular flexibility index (Phi) is 6.36. The second-order valence-corrected chi connectivity index (χ2v) is 9.84. The summed E-state index contributed by atoms with van der Waals surface area (Å²) in [5.74, 6) is -0.271. The molecule has 0 radical (unpaired) electrons. The number of benzene rings is 3. The quantitative estimate of drug-likeness (QED) is 0.392. The van der Waals surface area contributed by atoms with E-state index in [0.29, 0.717) is 15.6 Å². The van der Waals surface area contributed by atoms with Gasteiger partial charge in [-0.2, -0.15) is 8.42 Å². The summed E-state index contributed by atoms with van der Waals surface area (Å²) < 4.78 is 30.2. The highest BCUT2D eigenvalue weighted by Crippen LogP contribution is 2.32. The van der Waals surface area contributed by atoms with Crippen molar-refractivity contribution in [2.45, 2.75) is 11.8 Å². The fourth-order valence-electron chi connectivity index (χ4n) is 2.80. The summed E-state index contributed by atoms with van der Waals surface area (Å²) >= 11 is 7.46. The molecule has 1 N–H and O–H groups in total. The molecule has 0 saturated carbocycles. The Morgan fingerprint density at radius 3 is 2.44 bits per heavy atom. The van der Waals surface area contributed by atoms with Crippen molar-refractivity contribution >= 4 is 56.3 Å². The molecule has 9 heteroatoms. The van der Waals surface area contributed by atoms with Crippen molar-refractivity contribution < 1.29 is 17.4 Å². The van der Waals surface area contributed by atoms with E-state index in [1.54, 1.807) is 24.3 Å². The Hall–Kier alpha value is -3.07. The molecule has 1 heterocycles. The van der Waals surface area contributed by atoms with Gasteiger partial charge in [0.25, 0.3) is 5.91 Å². The van der Waals surface area contributed by atoms with Gasteiger partial charge in [0.15, 0.2) is 10.9 Å². The van der Waals surface area contributed by atoms with Gasteiger partial charge in [0.2, 0.25) is 0 Å². The number of hydrogen-bond donors (Lipinski definition) is 1. The van der Waals surface area contributed by atoms with Crippen molar-refractivity contribution in [1.29, 1.82) is 0 Å². The predicted octanol–water partition coefficient (Wildman–Crippen LogP) is 5.31. The van der Waals surface area contributed by atoms with E-state index in [1.165, 1.54) is 36.0 Å². The molecule has 0 atom stereocenters. The molecular formula is C23H17ClN2O4S2. The first-order valence-corrected chi connectivity index (χ1v) is 12.1. The summed E-state index contributed by atoms with van der Waals surface area (Å²) in [4.78, 5) is 17.2. The van der Waals surface area contributed by atoms with E-state index in [2.05, 4.69) is 10.3 Å². The SMILES string of the molecule is Cc1ccc(S(=O)(=O)Oc2ccc(/C=C3\SC(=Nc4ccccc4)NC3=O)cc2Cl)cc1. The molecule has 3 aromatic rings. The number of hydrogen-bond acceptors (Lipinski definition) is 6. The molecule has 1 aliphatic heterocycles. The predicted molar refractivity (Wildman–Crippen MR) is 128 cm³/mol. The molecule has 0 spiro atoms. The minimum atomic E-state index is -4.02. The van der Waals surface area contributed by atoms with Crippen LogP contribution in [-0.2, 0) is 14.9 Å². The number of nitrogens with zero attached hydrogens (tertiary/aromatic N) is 1. The monoisotopic (exact) mass is 484 g/mol. The Bertz CT molecular complexity index is 1340. The van der Waals surface area contributed by atoms with Gasteiger partial charge in [-0.25, -0.2) is 4.99 Å². The summed E-state index contributed by atoms with van der Waals surface area (Å²) in [6.07, 6.45) is 1.65. The summed E-state index contributed by atoms with van der Waals surface area (Å²) in [6.45, 7) is 1.86. The summed E-state index contributed by atoms with van der Waals surface area (Å²) in [6, 6.07) is 20.2. The zero-order chi connectivity index (χ0) is 22.7. The maximum Gasteiger partial charge on any atom is 0.339 e. The van der Waals surface area contributed by atoms with Gasteiger partial charge in [0.1, 0.15) is 4.90 Å². The fourth-order valence-corrected chi connectivity index (χ4v) is 4.86. The van der Waals surface area contributed by atoms with Crippen LogP contribution in [0.4, 0.5) is 5.69 Å². The molecule has 0 aromatic heterocycles. The number of carbonyl (C=O) groups is 1. The standard InChI is InChI=1S/C23H17ClN2O4S2/c1-15-7-10-18(11-8-15)32(28,29)30-20-12-9-16(13-19(20)24)14-21-22(27)26-23(31-21)25-17-5-3-2-4-6-17/h2-14H,1H3,(H,25,26,27)/b21-14-. The Balaban J connectivity index is 1.52. The number of carbonyl (C=O) groups excluding carboxylic acids is 1. The normalized spacial score (nSPS) is 16.4. The Labute approximate surface area is 195 Å². The van der Waals surface area contributed by atoms with Crippen LogP contribution in [0.5, 0.6) is 5.75 Å². The molecule has 0 aliphatic carbocycles. The average Bonchev–Trinajstić information content (AvgIpc) is 3.09. The molecule has 1 aliphatic rings. The number of halogens is 1.